The molecule has 9 heteroatoms. The number of carbonyl (C=O) groups is 1. The summed E-state index contributed by atoms with van der Waals surface area (Å²) in [5, 5.41) is 15.5. The van der Waals surface area contributed by atoms with Gasteiger partial charge in [-0.2, -0.15) is 0 Å². The fourth-order valence-electron chi connectivity index (χ4n) is 6.96. The van der Waals surface area contributed by atoms with Gasteiger partial charge in [0.05, 0.1) is 42.7 Å². The van der Waals surface area contributed by atoms with Gasteiger partial charge in [0.25, 0.3) is 0 Å². The maximum Gasteiger partial charge on any atom is 0.319 e. The highest BCUT2D eigenvalue weighted by atomic mass is 16.7. The van der Waals surface area contributed by atoms with Crippen molar-refractivity contribution in [3.8, 4) is 22.6 Å². The molecule has 2 amide bonds. The first kappa shape index (κ1) is 35.8. The van der Waals surface area contributed by atoms with Crippen molar-refractivity contribution in [2.24, 2.45) is 5.92 Å². The number of para-hydroxylation sites is 3. The molecule has 1 saturated heterocycles. The Morgan fingerprint density at radius 2 is 1.47 bits per heavy atom. The quantitative estimate of drug-likeness (QED) is 0.122. The number of nitrogens with one attached hydrogen (secondary N) is 2. The molecule has 3 N–H and O–H groups in total. The molecule has 9 nitrogen and oxygen atoms in total. The van der Waals surface area contributed by atoms with Crippen molar-refractivity contribution >= 4 is 22.8 Å². The summed E-state index contributed by atoms with van der Waals surface area (Å²) in [4.78, 5) is 17.3. The number of hydrogen-bond donors (Lipinski definition) is 3. The van der Waals surface area contributed by atoms with Gasteiger partial charge < -0.3 is 34.5 Å². The number of aliphatic hydroxyl groups excluding tert-OH is 1. The Kier molecular flexibility index (Phi) is 10.7. The molecule has 2 heterocycles. The summed E-state index contributed by atoms with van der Waals surface area (Å²) in [6.45, 7) is 3.15. The zero-order valence-corrected chi connectivity index (χ0v) is 30.4. The van der Waals surface area contributed by atoms with Crippen LogP contribution in [-0.4, -0.2) is 26.8 Å². The predicted molar refractivity (Wildman–Crippen MR) is 213 cm³/mol. The summed E-state index contributed by atoms with van der Waals surface area (Å²) in [6, 6.07) is 49.0. The summed E-state index contributed by atoms with van der Waals surface area (Å²) < 4.78 is 21.4. The molecule has 7 aromatic rings. The highest BCUT2D eigenvalue weighted by Gasteiger charge is 2.38. The number of aliphatic hydroxyl groups is 1. The molecule has 0 bridgehead atoms. The third-order valence-corrected chi connectivity index (χ3v) is 10.0. The molecule has 0 saturated carbocycles. The lowest BCUT2D eigenvalue weighted by Gasteiger charge is -2.41. The van der Waals surface area contributed by atoms with Gasteiger partial charge in [0.2, 0.25) is 0 Å². The van der Waals surface area contributed by atoms with E-state index in [-0.39, 0.29) is 30.8 Å². The lowest BCUT2D eigenvalue weighted by Crippen LogP contribution is -2.39. The highest BCUT2D eigenvalue weighted by Crippen LogP contribution is 2.42. The van der Waals surface area contributed by atoms with Crippen LogP contribution in [0.3, 0.4) is 0 Å². The number of rotatable bonds is 11. The smallest absolute Gasteiger partial charge is 0.319 e. The van der Waals surface area contributed by atoms with Crippen LogP contribution in [0.2, 0.25) is 0 Å². The van der Waals surface area contributed by atoms with Gasteiger partial charge in [0.1, 0.15) is 11.5 Å². The molecule has 8 rings (SSSR count). The van der Waals surface area contributed by atoms with Crippen LogP contribution in [0.5, 0.6) is 11.5 Å². The molecule has 4 atom stereocenters. The minimum absolute atomic E-state index is 0.00781. The summed E-state index contributed by atoms with van der Waals surface area (Å²) in [7, 11) is 0. The molecule has 1 fully saturated rings. The molecule has 1 aromatic heterocycles. The van der Waals surface area contributed by atoms with Crippen molar-refractivity contribution in [3.05, 3.63) is 180 Å². The van der Waals surface area contributed by atoms with Crippen molar-refractivity contribution in [1.82, 2.24) is 14.9 Å². The van der Waals surface area contributed by atoms with Crippen molar-refractivity contribution in [2.75, 3.05) is 5.32 Å². The first-order chi connectivity index (χ1) is 27.0. The Balaban J connectivity index is 0.930. The summed E-state index contributed by atoms with van der Waals surface area (Å²) in [6.07, 6.45) is 0.908. The van der Waals surface area contributed by atoms with Crippen LogP contribution < -0.4 is 15.4 Å². The Hall–Kier alpha value is -6.26. The van der Waals surface area contributed by atoms with E-state index in [1.165, 1.54) is 0 Å². The minimum atomic E-state index is -0.589. The second-order valence-electron chi connectivity index (χ2n) is 13.8. The molecule has 0 spiro atoms. The molecular weight excluding hydrogens is 689 g/mol. The third kappa shape index (κ3) is 8.45. The zero-order valence-electron chi connectivity index (χ0n) is 30.4. The lowest BCUT2D eigenvalue weighted by atomic mass is 9.90. The predicted octanol–water partition coefficient (Wildman–Crippen LogP) is 9.80. The van der Waals surface area contributed by atoms with Crippen LogP contribution in [0.25, 0.3) is 22.2 Å². The van der Waals surface area contributed by atoms with Gasteiger partial charge in [-0.1, -0.05) is 104 Å². The van der Waals surface area contributed by atoms with Crippen molar-refractivity contribution in [3.63, 3.8) is 0 Å². The van der Waals surface area contributed by atoms with Gasteiger partial charge in [-0.3, -0.25) is 0 Å². The molecule has 55 heavy (non-hydrogen) atoms. The number of fused-ring (bicyclic) bond motifs is 1. The molecule has 276 valence electrons. The monoisotopic (exact) mass is 730 g/mol. The maximum absolute atomic E-state index is 12.7. The van der Waals surface area contributed by atoms with Gasteiger partial charge in [-0.05, 0) is 82.4 Å². The van der Waals surface area contributed by atoms with E-state index in [1.54, 1.807) is 0 Å². The van der Waals surface area contributed by atoms with Crippen LogP contribution in [0.15, 0.2) is 158 Å². The van der Waals surface area contributed by atoms with Crippen LogP contribution in [0.4, 0.5) is 10.5 Å². The van der Waals surface area contributed by atoms with Gasteiger partial charge in [-0.15, -0.1) is 0 Å². The Morgan fingerprint density at radius 1 is 0.745 bits per heavy atom. The van der Waals surface area contributed by atoms with Gasteiger partial charge in [0, 0.05) is 23.7 Å². The molecule has 0 aliphatic carbocycles. The fraction of sp³-hybridized carbons (Fsp3) is 0.174. The van der Waals surface area contributed by atoms with E-state index in [0.717, 1.165) is 50.2 Å². The van der Waals surface area contributed by atoms with E-state index in [0.29, 0.717) is 24.5 Å². The van der Waals surface area contributed by atoms with E-state index >= 15 is 0 Å². The minimum Gasteiger partial charge on any atom is -0.457 e. The number of hydrogen-bond acceptors (Lipinski definition) is 6. The highest BCUT2D eigenvalue weighted by molar-refractivity contribution is 5.89. The second-order valence-corrected chi connectivity index (χ2v) is 13.8. The van der Waals surface area contributed by atoms with Gasteiger partial charge in [0.15, 0.2) is 6.29 Å². The van der Waals surface area contributed by atoms with Crippen molar-refractivity contribution in [2.45, 2.75) is 45.1 Å². The van der Waals surface area contributed by atoms with Crippen molar-refractivity contribution < 1.29 is 24.1 Å². The normalized spacial score (nSPS) is 18.1. The van der Waals surface area contributed by atoms with Crippen LogP contribution in [-0.2, 0) is 29.2 Å². The SMILES string of the molecule is CC1C(Cn2cnc3ccccc32)OC(c2ccc(-c3cccc(CNC(=O)Nc4ccc(Oc5ccccc5)cc4)c3)cc2)OC1c1ccc(CO)cc1. The zero-order chi connectivity index (χ0) is 37.6. The van der Waals surface area contributed by atoms with Crippen LogP contribution in [0, 0.1) is 5.92 Å². The number of aromatic nitrogens is 2. The van der Waals surface area contributed by atoms with Crippen LogP contribution in [0.1, 0.15) is 41.6 Å². The number of urea groups is 1. The first-order valence-corrected chi connectivity index (χ1v) is 18.5. The van der Waals surface area contributed by atoms with E-state index in [2.05, 4.69) is 69.6 Å². The Morgan fingerprint density at radius 3 is 2.25 bits per heavy atom. The molecule has 0 radical (unpaired) electrons. The summed E-state index contributed by atoms with van der Waals surface area (Å²) >= 11 is 0. The average molecular weight is 731 g/mol. The molecule has 6 aromatic carbocycles. The third-order valence-electron chi connectivity index (χ3n) is 10.0. The van der Waals surface area contributed by atoms with Gasteiger partial charge >= 0.3 is 6.03 Å². The molecular formula is C46H42N4O5. The average Bonchev–Trinajstić information content (AvgIpc) is 3.64. The summed E-state index contributed by atoms with van der Waals surface area (Å²) in [5.74, 6) is 1.48. The largest absolute Gasteiger partial charge is 0.457 e. The number of benzene rings is 6. The number of anilines is 1. The van der Waals surface area contributed by atoms with E-state index in [9.17, 15) is 9.90 Å². The van der Waals surface area contributed by atoms with Gasteiger partial charge in [-0.25, -0.2) is 9.78 Å². The fourth-order valence-corrected chi connectivity index (χ4v) is 6.96. The van der Waals surface area contributed by atoms with E-state index in [4.69, 9.17) is 14.2 Å². The number of ether oxygens (including phenoxy) is 3. The number of carbonyl (C=O) groups excluding carboxylic acids is 1. The standard InChI is InChI=1S/C46H42N4O5/c1-31-43(28-50-30-48-41-12-5-6-13-42(41)50)54-45(55-44(31)35-16-14-32(29-51)15-17-35)36-20-18-34(19-21-36)37-9-7-8-33(26-37)27-47-46(52)49-38-22-24-40(25-23-38)53-39-10-3-2-4-11-39/h2-26,30-31,43-45,51H,27-29H2,1H3,(H2,47,49,52). The van der Waals surface area contributed by atoms with E-state index in [1.807, 2.05) is 116 Å². The van der Waals surface area contributed by atoms with Crippen LogP contribution >= 0.6 is 0 Å². The molecule has 1 aliphatic heterocycles. The number of imidazole rings is 1. The summed E-state index contributed by atoms with van der Waals surface area (Å²) in [5.41, 5.74) is 8.54. The van der Waals surface area contributed by atoms with Crippen molar-refractivity contribution in [1.29, 1.82) is 0 Å². The topological polar surface area (TPSA) is 107 Å². The number of amides is 2. The molecule has 1 aliphatic rings. The lowest BCUT2D eigenvalue weighted by molar-refractivity contribution is -0.276. The molecule has 4 unspecified atom stereocenters. The Labute approximate surface area is 320 Å². The maximum atomic E-state index is 12.7. The second kappa shape index (κ2) is 16.4. The first-order valence-electron chi connectivity index (χ1n) is 18.5. The van der Waals surface area contributed by atoms with E-state index < -0.39 is 6.29 Å². The number of nitrogens with zero attached hydrogens (tertiary/aromatic N) is 2. The Bertz CT molecular complexity index is 2340.